The fraction of sp³-hybridized carbons (Fsp3) is 0.440. The lowest BCUT2D eigenvalue weighted by atomic mass is 10.00. The van der Waals surface area contributed by atoms with E-state index >= 15 is 0 Å². The second-order valence-electron chi connectivity index (χ2n) is 9.32. The lowest BCUT2D eigenvalue weighted by Crippen LogP contribution is -2.45. The van der Waals surface area contributed by atoms with E-state index in [1.165, 1.54) is 12.1 Å². The van der Waals surface area contributed by atoms with Gasteiger partial charge in [0.25, 0.3) is 0 Å². The molecule has 2 heterocycles. The molecule has 3 N–H and O–H groups in total. The molecule has 1 aliphatic rings. The third-order valence-electron chi connectivity index (χ3n) is 5.32. The number of aromatic nitrogens is 1. The zero-order valence-corrected chi connectivity index (χ0v) is 19.9. The van der Waals surface area contributed by atoms with Crippen molar-refractivity contribution in [1.29, 1.82) is 0 Å². The number of anilines is 1. The first-order chi connectivity index (χ1) is 16.3. The van der Waals surface area contributed by atoms with Gasteiger partial charge in [0.15, 0.2) is 0 Å². The number of hydrogen-bond donors (Lipinski definition) is 3. The molecule has 0 unspecified atom stereocenters. The summed E-state index contributed by atoms with van der Waals surface area (Å²) in [5.74, 6) is 0. The summed E-state index contributed by atoms with van der Waals surface area (Å²) >= 11 is 0. The van der Waals surface area contributed by atoms with Gasteiger partial charge < -0.3 is 20.7 Å². The summed E-state index contributed by atoms with van der Waals surface area (Å²) in [7, 11) is 0. The molecule has 0 saturated carbocycles. The van der Waals surface area contributed by atoms with Gasteiger partial charge in [-0.2, -0.15) is 13.2 Å². The summed E-state index contributed by atoms with van der Waals surface area (Å²) in [6.07, 6.45) is -2.84. The molecule has 2 atom stereocenters. The van der Waals surface area contributed by atoms with E-state index in [-0.39, 0.29) is 29.9 Å². The monoisotopic (exact) mass is 494 g/mol. The van der Waals surface area contributed by atoms with Crippen LogP contribution in [-0.4, -0.2) is 54.7 Å². The second-order valence-corrected chi connectivity index (χ2v) is 9.32. The van der Waals surface area contributed by atoms with E-state index in [4.69, 9.17) is 4.74 Å². The number of fused-ring (bicyclic) bond motifs is 1. The van der Waals surface area contributed by atoms with Crippen LogP contribution < -0.4 is 16.0 Å². The van der Waals surface area contributed by atoms with Gasteiger partial charge in [-0.15, -0.1) is 0 Å². The molecule has 10 heteroatoms. The van der Waals surface area contributed by atoms with E-state index in [1.807, 2.05) is 0 Å². The molecular weight excluding hydrogens is 464 g/mol. The number of alkyl halides is 4. The second kappa shape index (κ2) is 10.6. The topological polar surface area (TPSA) is 75.3 Å². The number of piperidine rings is 1. The fourth-order valence-electron chi connectivity index (χ4n) is 3.69. The molecule has 1 amide bonds. The van der Waals surface area contributed by atoms with Gasteiger partial charge in [-0.25, -0.2) is 14.2 Å². The smallest absolute Gasteiger partial charge is 0.417 e. The van der Waals surface area contributed by atoms with Crippen LogP contribution in [0.4, 0.5) is 28.0 Å². The third kappa shape index (κ3) is 7.17. The number of carbonyl (C=O) groups excluding carboxylic acids is 1. The standard InChI is InChI=1S/C25H30F4N4O2/c1-15(25(27,28)29)22-17-8-5-9-20(33-21-10-12-30-14-19(21)26)18(17)13-16(32-22)7-6-11-31-23(34)35-24(2,3)4/h5-9,13,19,21,30,33H,1,10-12,14H2,2-4H3,(H,31,34)/b7-6+/t19-,21+/m0/s1. The summed E-state index contributed by atoms with van der Waals surface area (Å²) in [4.78, 5) is 16.0. The van der Waals surface area contributed by atoms with Crippen LogP contribution in [0.25, 0.3) is 22.4 Å². The highest BCUT2D eigenvalue weighted by Crippen LogP contribution is 2.37. The zero-order valence-electron chi connectivity index (χ0n) is 19.9. The van der Waals surface area contributed by atoms with Crippen molar-refractivity contribution in [2.75, 3.05) is 25.0 Å². The summed E-state index contributed by atoms with van der Waals surface area (Å²) in [6.45, 7) is 9.36. The number of amides is 1. The van der Waals surface area contributed by atoms with Crippen molar-refractivity contribution < 1.29 is 27.1 Å². The summed E-state index contributed by atoms with van der Waals surface area (Å²) < 4.78 is 60.2. The van der Waals surface area contributed by atoms with Gasteiger partial charge in [0.1, 0.15) is 11.8 Å². The van der Waals surface area contributed by atoms with Gasteiger partial charge >= 0.3 is 12.3 Å². The van der Waals surface area contributed by atoms with Crippen LogP contribution >= 0.6 is 0 Å². The van der Waals surface area contributed by atoms with Gasteiger partial charge in [-0.3, -0.25) is 0 Å². The number of pyridine rings is 1. The van der Waals surface area contributed by atoms with Gasteiger partial charge in [-0.1, -0.05) is 24.8 Å². The number of rotatable bonds is 6. The lowest BCUT2D eigenvalue weighted by molar-refractivity contribution is -0.0688. The normalized spacial score (nSPS) is 19.1. The van der Waals surface area contributed by atoms with E-state index in [0.29, 0.717) is 24.0 Å². The number of ether oxygens (including phenoxy) is 1. The maximum atomic E-state index is 14.4. The highest BCUT2D eigenvalue weighted by Gasteiger charge is 2.35. The molecule has 1 aromatic carbocycles. The Morgan fingerprint density at radius 2 is 2.03 bits per heavy atom. The van der Waals surface area contributed by atoms with E-state index in [0.717, 1.165) is 0 Å². The molecular formula is C25H30F4N4O2. The molecule has 0 bridgehead atoms. The number of halogens is 4. The van der Waals surface area contributed by atoms with Crippen molar-refractivity contribution in [3.8, 4) is 0 Å². The Labute approximate surface area is 201 Å². The number of alkyl carbamates (subject to hydrolysis) is 1. The first kappa shape index (κ1) is 26.5. The Bertz CT molecular complexity index is 1110. The van der Waals surface area contributed by atoms with Crippen LogP contribution in [0.3, 0.4) is 0 Å². The average Bonchev–Trinajstić information content (AvgIpc) is 2.76. The van der Waals surface area contributed by atoms with Crippen molar-refractivity contribution in [2.24, 2.45) is 0 Å². The molecule has 190 valence electrons. The molecule has 35 heavy (non-hydrogen) atoms. The minimum atomic E-state index is -4.68. The number of nitrogens with one attached hydrogen (secondary N) is 3. The molecule has 1 fully saturated rings. The Hall–Kier alpha value is -3.14. The van der Waals surface area contributed by atoms with Crippen molar-refractivity contribution in [3.05, 3.63) is 48.3 Å². The van der Waals surface area contributed by atoms with Crippen LogP contribution in [0, 0.1) is 0 Å². The first-order valence-electron chi connectivity index (χ1n) is 11.3. The molecule has 3 rings (SSSR count). The summed E-state index contributed by atoms with van der Waals surface area (Å²) in [5.41, 5.74) is -1.29. The number of nitrogens with zero attached hydrogens (tertiary/aromatic N) is 1. The van der Waals surface area contributed by atoms with Crippen LogP contribution in [-0.2, 0) is 4.74 Å². The maximum Gasteiger partial charge on any atom is 0.417 e. The summed E-state index contributed by atoms with van der Waals surface area (Å²) in [6, 6.07) is 6.00. The van der Waals surface area contributed by atoms with Gasteiger partial charge in [0.2, 0.25) is 0 Å². The van der Waals surface area contributed by atoms with E-state index in [1.54, 1.807) is 45.0 Å². The molecule has 2 aromatic rings. The van der Waals surface area contributed by atoms with Crippen molar-refractivity contribution >= 4 is 34.2 Å². The Kier molecular flexibility index (Phi) is 8.04. The van der Waals surface area contributed by atoms with E-state index in [2.05, 4.69) is 27.5 Å². The highest BCUT2D eigenvalue weighted by molar-refractivity contribution is 6.00. The number of benzene rings is 1. The Morgan fingerprint density at radius 1 is 1.29 bits per heavy atom. The highest BCUT2D eigenvalue weighted by atomic mass is 19.4. The molecule has 1 saturated heterocycles. The average molecular weight is 495 g/mol. The first-order valence-corrected chi connectivity index (χ1v) is 11.3. The van der Waals surface area contributed by atoms with Crippen LogP contribution in [0.1, 0.15) is 38.6 Å². The van der Waals surface area contributed by atoms with Gasteiger partial charge in [0, 0.05) is 29.5 Å². The van der Waals surface area contributed by atoms with Crippen molar-refractivity contribution in [3.63, 3.8) is 0 Å². The molecule has 0 spiro atoms. The molecule has 1 aliphatic heterocycles. The molecule has 6 nitrogen and oxygen atoms in total. The van der Waals surface area contributed by atoms with Crippen molar-refractivity contribution in [1.82, 2.24) is 15.6 Å². The van der Waals surface area contributed by atoms with Crippen LogP contribution in [0.5, 0.6) is 0 Å². The van der Waals surface area contributed by atoms with Gasteiger partial charge in [-0.05, 0) is 51.9 Å². The van der Waals surface area contributed by atoms with Crippen molar-refractivity contribution in [2.45, 2.75) is 51.2 Å². The Balaban J connectivity index is 1.94. The molecule has 0 radical (unpaired) electrons. The van der Waals surface area contributed by atoms with E-state index < -0.39 is 35.7 Å². The largest absolute Gasteiger partial charge is 0.444 e. The minimum Gasteiger partial charge on any atom is -0.444 e. The van der Waals surface area contributed by atoms with Crippen LogP contribution in [0.2, 0.25) is 0 Å². The van der Waals surface area contributed by atoms with Crippen LogP contribution in [0.15, 0.2) is 36.9 Å². The predicted molar refractivity (Wildman–Crippen MR) is 130 cm³/mol. The molecule has 1 aromatic heterocycles. The summed E-state index contributed by atoms with van der Waals surface area (Å²) in [5, 5.41) is 9.40. The third-order valence-corrected chi connectivity index (χ3v) is 5.32. The van der Waals surface area contributed by atoms with E-state index in [9.17, 15) is 22.4 Å². The number of allylic oxidation sites excluding steroid dienone is 1. The SMILES string of the molecule is C=C(c1nc(/C=C/CNC(=O)OC(C)(C)C)cc2c(N[C@@H]3CCNC[C@@H]3F)cccc12)C(F)(F)F. The maximum absolute atomic E-state index is 14.4. The van der Waals surface area contributed by atoms with Gasteiger partial charge in [0.05, 0.1) is 23.0 Å². The quantitative estimate of drug-likeness (QED) is 0.465. The number of carbonyl (C=O) groups is 1. The Morgan fingerprint density at radius 3 is 2.69 bits per heavy atom. The predicted octanol–water partition coefficient (Wildman–Crippen LogP) is 5.46. The minimum absolute atomic E-state index is 0.0860. The lowest BCUT2D eigenvalue weighted by Gasteiger charge is -2.29. The zero-order chi connectivity index (χ0) is 25.8. The molecule has 0 aliphatic carbocycles. The fourth-order valence-corrected chi connectivity index (χ4v) is 3.69. The number of hydrogen-bond acceptors (Lipinski definition) is 5.